The first-order valence-electron chi connectivity index (χ1n) is 5.43. The van der Waals surface area contributed by atoms with Crippen LogP contribution in [0.1, 0.15) is 43.6 Å². The number of benzene rings is 1. The van der Waals surface area contributed by atoms with Crippen molar-refractivity contribution in [2.45, 2.75) is 38.0 Å². The Morgan fingerprint density at radius 3 is 2.73 bits per heavy atom. The largest absolute Gasteiger partial charge is 0.277 e. The van der Waals surface area contributed by atoms with Crippen molar-refractivity contribution >= 4 is 5.69 Å². The SMILES string of the molecule is O=[N+]([O-])c1[c]ccc(C2CCCCC2)c1. The Morgan fingerprint density at radius 1 is 1.33 bits per heavy atom. The Bertz CT molecular complexity index is 356. The fourth-order valence-corrected chi connectivity index (χ4v) is 2.27. The molecule has 1 aliphatic rings. The number of hydrogen-bond donors (Lipinski definition) is 0. The molecule has 2 rings (SSSR count). The number of hydrogen-bond acceptors (Lipinski definition) is 2. The predicted octanol–water partition coefficient (Wildman–Crippen LogP) is 3.44. The van der Waals surface area contributed by atoms with Crippen LogP contribution < -0.4 is 0 Å². The molecule has 1 aromatic rings. The highest BCUT2D eigenvalue weighted by atomic mass is 16.6. The second-order valence-corrected chi connectivity index (χ2v) is 4.10. The zero-order valence-electron chi connectivity index (χ0n) is 8.61. The van der Waals surface area contributed by atoms with Gasteiger partial charge in [-0.15, -0.1) is 0 Å². The van der Waals surface area contributed by atoms with Crippen molar-refractivity contribution in [1.82, 2.24) is 0 Å². The first-order valence-corrected chi connectivity index (χ1v) is 5.43. The van der Waals surface area contributed by atoms with Crippen LogP contribution in [0.4, 0.5) is 5.69 Å². The molecule has 0 bridgehead atoms. The van der Waals surface area contributed by atoms with Gasteiger partial charge >= 0.3 is 0 Å². The molecule has 0 aliphatic heterocycles. The van der Waals surface area contributed by atoms with Gasteiger partial charge in [0, 0.05) is 6.07 Å². The highest BCUT2D eigenvalue weighted by molar-refractivity contribution is 5.35. The molecule has 1 radical (unpaired) electrons. The summed E-state index contributed by atoms with van der Waals surface area (Å²) < 4.78 is 0. The molecule has 3 heteroatoms. The van der Waals surface area contributed by atoms with Crippen LogP contribution >= 0.6 is 0 Å². The van der Waals surface area contributed by atoms with E-state index in [-0.39, 0.29) is 10.6 Å². The third-order valence-electron chi connectivity index (χ3n) is 3.08. The van der Waals surface area contributed by atoms with Gasteiger partial charge in [0.15, 0.2) is 0 Å². The first kappa shape index (κ1) is 10.1. The van der Waals surface area contributed by atoms with E-state index in [1.165, 1.54) is 32.1 Å². The average molecular weight is 204 g/mol. The van der Waals surface area contributed by atoms with Crippen molar-refractivity contribution in [3.05, 3.63) is 39.9 Å². The fourth-order valence-electron chi connectivity index (χ4n) is 2.27. The van der Waals surface area contributed by atoms with Gasteiger partial charge in [-0.3, -0.25) is 10.1 Å². The molecule has 79 valence electrons. The van der Waals surface area contributed by atoms with E-state index in [4.69, 9.17) is 0 Å². The predicted molar refractivity (Wildman–Crippen MR) is 57.8 cm³/mol. The van der Waals surface area contributed by atoms with E-state index in [0.29, 0.717) is 5.92 Å². The molecule has 0 atom stereocenters. The van der Waals surface area contributed by atoms with Crippen LogP contribution in [-0.2, 0) is 0 Å². The lowest BCUT2D eigenvalue weighted by Gasteiger charge is -2.21. The van der Waals surface area contributed by atoms with Crippen LogP contribution in [0.3, 0.4) is 0 Å². The van der Waals surface area contributed by atoms with Crippen molar-refractivity contribution < 1.29 is 4.92 Å². The summed E-state index contributed by atoms with van der Waals surface area (Å²) in [7, 11) is 0. The maximum absolute atomic E-state index is 10.6. The number of nitro benzene ring substituents is 1. The smallest absolute Gasteiger partial charge is 0.258 e. The maximum atomic E-state index is 10.6. The molecule has 1 fully saturated rings. The Hall–Kier alpha value is -1.38. The summed E-state index contributed by atoms with van der Waals surface area (Å²) >= 11 is 0. The first-order chi connectivity index (χ1) is 7.27. The van der Waals surface area contributed by atoms with Crippen molar-refractivity contribution in [3.8, 4) is 0 Å². The van der Waals surface area contributed by atoms with E-state index >= 15 is 0 Å². The van der Waals surface area contributed by atoms with E-state index in [2.05, 4.69) is 6.07 Å². The molecule has 1 aromatic carbocycles. The minimum Gasteiger partial charge on any atom is -0.258 e. The Kier molecular flexibility index (Phi) is 2.99. The van der Waals surface area contributed by atoms with Crippen molar-refractivity contribution in [1.29, 1.82) is 0 Å². The summed E-state index contributed by atoms with van der Waals surface area (Å²) in [6, 6.07) is 7.95. The van der Waals surface area contributed by atoms with Gasteiger partial charge in [0.05, 0.1) is 11.0 Å². The van der Waals surface area contributed by atoms with Crippen LogP contribution in [0.25, 0.3) is 0 Å². The van der Waals surface area contributed by atoms with Crippen molar-refractivity contribution in [3.63, 3.8) is 0 Å². The van der Waals surface area contributed by atoms with Crippen LogP contribution in [-0.4, -0.2) is 4.92 Å². The van der Waals surface area contributed by atoms with Gasteiger partial charge in [0.25, 0.3) is 5.69 Å². The molecule has 0 heterocycles. The normalized spacial score (nSPS) is 17.6. The molecule has 0 saturated heterocycles. The number of rotatable bonds is 2. The molecule has 0 unspecified atom stereocenters. The van der Waals surface area contributed by atoms with E-state index in [1.807, 2.05) is 6.07 Å². The zero-order valence-corrected chi connectivity index (χ0v) is 8.61. The van der Waals surface area contributed by atoms with Gasteiger partial charge < -0.3 is 0 Å². The highest BCUT2D eigenvalue weighted by Gasteiger charge is 2.17. The van der Waals surface area contributed by atoms with Gasteiger partial charge in [0.1, 0.15) is 0 Å². The van der Waals surface area contributed by atoms with Crippen molar-refractivity contribution in [2.24, 2.45) is 0 Å². The summed E-state index contributed by atoms with van der Waals surface area (Å²) in [4.78, 5) is 10.2. The number of non-ortho nitro benzene ring substituents is 1. The van der Waals surface area contributed by atoms with Crippen LogP contribution in [0, 0.1) is 16.2 Å². The maximum Gasteiger partial charge on any atom is 0.277 e. The molecule has 15 heavy (non-hydrogen) atoms. The second kappa shape index (κ2) is 4.43. The minimum absolute atomic E-state index is 0.0954. The topological polar surface area (TPSA) is 43.1 Å². The van der Waals surface area contributed by atoms with Gasteiger partial charge in [-0.1, -0.05) is 25.3 Å². The fraction of sp³-hybridized carbons (Fsp3) is 0.500. The Balaban J connectivity index is 2.19. The molecular weight excluding hydrogens is 190 g/mol. The summed E-state index contributed by atoms with van der Waals surface area (Å²) in [5.41, 5.74) is 1.21. The van der Waals surface area contributed by atoms with Gasteiger partial charge in [0.2, 0.25) is 0 Å². The standard InChI is InChI=1S/C12H14NO2/c14-13(15)12-8-4-7-11(9-12)10-5-2-1-3-6-10/h4,7,9-10H,1-3,5-6H2. The molecule has 0 amide bonds. The summed E-state index contributed by atoms with van der Waals surface area (Å²) in [6.45, 7) is 0. The number of nitro groups is 1. The summed E-state index contributed by atoms with van der Waals surface area (Å²) in [5, 5.41) is 10.6. The van der Waals surface area contributed by atoms with Gasteiger partial charge in [-0.05, 0) is 30.4 Å². The average Bonchev–Trinajstić information content (AvgIpc) is 2.30. The van der Waals surface area contributed by atoms with E-state index in [1.54, 1.807) is 12.1 Å². The summed E-state index contributed by atoms with van der Waals surface area (Å²) in [5.74, 6) is 0.520. The zero-order chi connectivity index (χ0) is 10.7. The molecule has 1 saturated carbocycles. The second-order valence-electron chi connectivity index (χ2n) is 4.10. The quantitative estimate of drug-likeness (QED) is 0.547. The highest BCUT2D eigenvalue weighted by Crippen LogP contribution is 2.33. The molecule has 1 aliphatic carbocycles. The lowest BCUT2D eigenvalue weighted by molar-refractivity contribution is -0.385. The molecule has 0 spiro atoms. The Labute approximate surface area is 89.3 Å². The Morgan fingerprint density at radius 2 is 2.07 bits per heavy atom. The molecule has 0 aromatic heterocycles. The van der Waals surface area contributed by atoms with Gasteiger partial charge in [-0.25, -0.2) is 0 Å². The third-order valence-corrected chi connectivity index (χ3v) is 3.08. The van der Waals surface area contributed by atoms with E-state index in [0.717, 1.165) is 5.56 Å². The molecular formula is C12H14NO2. The van der Waals surface area contributed by atoms with Crippen LogP contribution in [0.2, 0.25) is 0 Å². The van der Waals surface area contributed by atoms with E-state index < -0.39 is 0 Å². The van der Waals surface area contributed by atoms with Crippen LogP contribution in [0.15, 0.2) is 18.2 Å². The minimum atomic E-state index is -0.369. The molecule has 3 nitrogen and oxygen atoms in total. The third kappa shape index (κ3) is 2.35. The van der Waals surface area contributed by atoms with E-state index in [9.17, 15) is 10.1 Å². The molecule has 0 N–H and O–H groups in total. The van der Waals surface area contributed by atoms with Gasteiger partial charge in [-0.2, -0.15) is 0 Å². The lowest BCUT2D eigenvalue weighted by Crippen LogP contribution is -2.04. The van der Waals surface area contributed by atoms with Crippen LogP contribution in [0.5, 0.6) is 0 Å². The summed E-state index contributed by atoms with van der Waals surface area (Å²) in [6.07, 6.45) is 6.13. The lowest BCUT2D eigenvalue weighted by atomic mass is 9.84. The number of nitrogens with zero attached hydrogens (tertiary/aromatic N) is 1. The monoisotopic (exact) mass is 204 g/mol. The van der Waals surface area contributed by atoms with Crippen molar-refractivity contribution in [2.75, 3.05) is 0 Å².